The molecule has 3 atom stereocenters. The Bertz CT molecular complexity index is 1370. The molecule has 3 fully saturated rings. The molecule has 1 aromatic carbocycles. The third-order valence-electron chi connectivity index (χ3n) is 9.49. The molecular formula is C32H46N6O5. The molecule has 5 rings (SSSR count). The number of ether oxygens (including phenoxy) is 1. The molecule has 0 radical (unpaired) electrons. The van der Waals surface area contributed by atoms with Crippen molar-refractivity contribution in [1.29, 1.82) is 0 Å². The van der Waals surface area contributed by atoms with Crippen LogP contribution in [0.5, 0.6) is 0 Å². The van der Waals surface area contributed by atoms with Crippen LogP contribution in [0, 0.1) is 0 Å². The quantitative estimate of drug-likeness (QED) is 0.476. The number of amides is 3. The molecule has 0 aliphatic carbocycles. The average molecular weight is 595 g/mol. The zero-order chi connectivity index (χ0) is 30.7. The molecule has 1 N–H and O–H groups in total. The van der Waals surface area contributed by atoms with Gasteiger partial charge in [-0.05, 0) is 57.0 Å². The summed E-state index contributed by atoms with van der Waals surface area (Å²) >= 11 is 0. The van der Waals surface area contributed by atoms with Crippen molar-refractivity contribution >= 4 is 28.8 Å². The maximum atomic E-state index is 13.4. The summed E-state index contributed by atoms with van der Waals surface area (Å²) in [6, 6.07) is 10.0. The minimum atomic E-state index is -0.320. The molecule has 0 spiro atoms. The van der Waals surface area contributed by atoms with Gasteiger partial charge in [0.25, 0.3) is 11.5 Å². The number of benzene rings is 1. The van der Waals surface area contributed by atoms with Gasteiger partial charge in [0.2, 0.25) is 5.91 Å². The largest absolute Gasteiger partial charge is 0.453 e. The number of aromatic nitrogens is 1. The van der Waals surface area contributed by atoms with Gasteiger partial charge >= 0.3 is 6.09 Å². The topological polar surface area (TPSA) is 107 Å². The molecule has 0 unspecified atom stereocenters. The van der Waals surface area contributed by atoms with Crippen molar-refractivity contribution in [3.63, 3.8) is 0 Å². The van der Waals surface area contributed by atoms with E-state index >= 15 is 0 Å². The Labute approximate surface area is 253 Å². The fraction of sp³-hybridized carbons (Fsp3) is 0.625. The summed E-state index contributed by atoms with van der Waals surface area (Å²) in [4.78, 5) is 59.4. The zero-order valence-corrected chi connectivity index (χ0v) is 26.0. The molecule has 4 heterocycles. The molecule has 11 nitrogen and oxygen atoms in total. The Hall–Kier alpha value is -3.44. The molecule has 3 aliphatic rings. The summed E-state index contributed by atoms with van der Waals surface area (Å²) in [5.74, 6) is -0.194. The van der Waals surface area contributed by atoms with Crippen LogP contribution in [-0.2, 0) is 9.53 Å². The first-order chi connectivity index (χ1) is 20.7. The maximum Gasteiger partial charge on any atom is 0.409 e. The fourth-order valence-electron chi connectivity index (χ4n) is 7.19. The molecular weight excluding hydrogens is 548 g/mol. The number of rotatable bonds is 9. The van der Waals surface area contributed by atoms with Gasteiger partial charge in [0, 0.05) is 83.4 Å². The first-order valence-corrected chi connectivity index (χ1v) is 15.7. The van der Waals surface area contributed by atoms with Gasteiger partial charge in [-0.25, -0.2) is 4.79 Å². The van der Waals surface area contributed by atoms with Crippen LogP contribution in [0.1, 0.15) is 62.9 Å². The number of piperidine rings is 1. The van der Waals surface area contributed by atoms with E-state index in [9.17, 15) is 19.2 Å². The highest BCUT2D eigenvalue weighted by molar-refractivity contribution is 5.97. The van der Waals surface area contributed by atoms with Crippen LogP contribution < -0.4 is 10.9 Å². The number of hydrogen-bond donors (Lipinski definition) is 1. The molecule has 2 bridgehead atoms. The van der Waals surface area contributed by atoms with Gasteiger partial charge in [0.05, 0.1) is 12.6 Å². The number of nitrogens with one attached hydrogen (secondary N) is 1. The predicted molar refractivity (Wildman–Crippen MR) is 165 cm³/mol. The molecule has 1 aromatic heterocycles. The summed E-state index contributed by atoms with van der Waals surface area (Å²) in [6.45, 7) is 11.2. The van der Waals surface area contributed by atoms with Crippen LogP contribution in [0.2, 0.25) is 0 Å². The van der Waals surface area contributed by atoms with Gasteiger partial charge in [-0.1, -0.05) is 18.2 Å². The number of para-hydroxylation sites is 1. The second-order valence-electron chi connectivity index (χ2n) is 12.5. The summed E-state index contributed by atoms with van der Waals surface area (Å²) in [6.07, 6.45) is 3.46. The van der Waals surface area contributed by atoms with Crippen molar-refractivity contribution in [2.24, 2.45) is 0 Å². The highest BCUT2D eigenvalue weighted by Crippen LogP contribution is 2.35. The van der Waals surface area contributed by atoms with E-state index in [1.54, 1.807) is 22.5 Å². The van der Waals surface area contributed by atoms with E-state index in [-0.39, 0.29) is 41.1 Å². The normalized spacial score (nSPS) is 22.6. The second kappa shape index (κ2) is 13.5. The molecule has 11 heteroatoms. The number of carbonyl (C=O) groups excluding carboxylic acids is 3. The van der Waals surface area contributed by atoms with Crippen molar-refractivity contribution in [2.75, 3.05) is 59.5 Å². The van der Waals surface area contributed by atoms with Crippen LogP contribution in [0.4, 0.5) is 4.79 Å². The van der Waals surface area contributed by atoms with Gasteiger partial charge in [0.15, 0.2) is 0 Å². The van der Waals surface area contributed by atoms with Gasteiger partial charge in [0.1, 0.15) is 5.56 Å². The number of pyridine rings is 1. The van der Waals surface area contributed by atoms with Crippen molar-refractivity contribution in [3.8, 4) is 0 Å². The molecule has 3 amide bonds. The van der Waals surface area contributed by atoms with E-state index in [4.69, 9.17) is 4.74 Å². The van der Waals surface area contributed by atoms with Crippen molar-refractivity contribution < 1.29 is 19.1 Å². The zero-order valence-electron chi connectivity index (χ0n) is 26.0. The lowest BCUT2D eigenvalue weighted by Gasteiger charge is -2.40. The standard InChI is InChI=1S/C32H46N6O5/c1-22(2)38-29-8-6-5-7-24(29)19-28(31(38)41)30(40)33-25-20-26-9-10-27(21-25)37(26)18-17-36(32(42)43-4)16-13-34-11-14-35(15-12-34)23(3)39/h5-8,19,22,25-27H,9-18,20-21H2,1-4H3,(H,33,40)/t25-,26-,27+. The first kappa shape index (κ1) is 31.0. The van der Waals surface area contributed by atoms with E-state index in [0.29, 0.717) is 25.2 Å². The van der Waals surface area contributed by atoms with E-state index < -0.39 is 0 Å². The summed E-state index contributed by atoms with van der Waals surface area (Å²) < 4.78 is 6.80. The van der Waals surface area contributed by atoms with Crippen LogP contribution in [0.3, 0.4) is 0 Å². The SMILES string of the molecule is COC(=O)N(CCN1CCN(C(C)=O)CC1)CCN1[C@@H]2CC[C@H]1C[C@H](NC(=O)c1cc3ccccc3n(C(C)C)c1=O)C2. The smallest absolute Gasteiger partial charge is 0.409 e. The first-order valence-electron chi connectivity index (χ1n) is 15.7. The van der Waals surface area contributed by atoms with E-state index in [1.807, 2.05) is 43.0 Å². The Morgan fingerprint density at radius 1 is 1.00 bits per heavy atom. The Morgan fingerprint density at radius 2 is 1.65 bits per heavy atom. The van der Waals surface area contributed by atoms with Crippen LogP contribution in [0.25, 0.3) is 10.9 Å². The molecule has 0 saturated carbocycles. The Kier molecular flexibility index (Phi) is 9.71. The van der Waals surface area contributed by atoms with Crippen molar-refractivity contribution in [3.05, 3.63) is 46.2 Å². The summed E-state index contributed by atoms with van der Waals surface area (Å²) in [5, 5.41) is 4.07. The Balaban J connectivity index is 1.17. The molecule has 2 aromatic rings. The average Bonchev–Trinajstić information content (AvgIpc) is 3.23. The number of piperazine rings is 1. The van der Waals surface area contributed by atoms with Gasteiger partial charge < -0.3 is 24.4 Å². The lowest BCUT2D eigenvalue weighted by molar-refractivity contribution is -0.130. The van der Waals surface area contributed by atoms with Crippen LogP contribution in [0.15, 0.2) is 35.1 Å². The van der Waals surface area contributed by atoms with Gasteiger partial charge in [-0.15, -0.1) is 0 Å². The van der Waals surface area contributed by atoms with Crippen LogP contribution >= 0.6 is 0 Å². The fourth-order valence-corrected chi connectivity index (χ4v) is 7.19. The third kappa shape index (κ3) is 6.88. The van der Waals surface area contributed by atoms with E-state index in [1.165, 1.54) is 7.11 Å². The maximum absolute atomic E-state index is 13.4. The lowest BCUT2D eigenvalue weighted by Crippen LogP contribution is -2.53. The monoisotopic (exact) mass is 594 g/mol. The van der Waals surface area contributed by atoms with Crippen LogP contribution in [-0.4, -0.2) is 120 Å². The lowest BCUT2D eigenvalue weighted by atomic mass is 9.96. The number of nitrogens with zero attached hydrogens (tertiary/aromatic N) is 5. The number of methoxy groups -OCH3 is 1. The van der Waals surface area contributed by atoms with Gasteiger partial charge in [-0.3, -0.25) is 24.2 Å². The Morgan fingerprint density at radius 3 is 2.28 bits per heavy atom. The minimum absolute atomic E-state index is 0.00463. The predicted octanol–water partition coefficient (Wildman–Crippen LogP) is 2.54. The van der Waals surface area contributed by atoms with Crippen molar-refractivity contribution in [1.82, 2.24) is 29.5 Å². The van der Waals surface area contributed by atoms with Gasteiger partial charge in [-0.2, -0.15) is 0 Å². The molecule has 234 valence electrons. The minimum Gasteiger partial charge on any atom is -0.453 e. The molecule has 3 aliphatic heterocycles. The second-order valence-corrected chi connectivity index (χ2v) is 12.5. The number of hydrogen-bond acceptors (Lipinski definition) is 7. The van der Waals surface area contributed by atoms with E-state index in [2.05, 4.69) is 15.1 Å². The summed E-state index contributed by atoms with van der Waals surface area (Å²) in [7, 11) is 1.42. The molecule has 43 heavy (non-hydrogen) atoms. The highest BCUT2D eigenvalue weighted by atomic mass is 16.5. The highest BCUT2D eigenvalue weighted by Gasteiger charge is 2.41. The molecule has 3 saturated heterocycles. The number of fused-ring (bicyclic) bond motifs is 3. The summed E-state index contributed by atoms with van der Waals surface area (Å²) in [5.41, 5.74) is 0.774. The van der Waals surface area contributed by atoms with E-state index in [0.717, 1.165) is 75.9 Å². The number of carbonyl (C=O) groups is 3. The third-order valence-corrected chi connectivity index (χ3v) is 9.49. The van der Waals surface area contributed by atoms with Crippen molar-refractivity contribution in [2.45, 2.75) is 70.6 Å².